The van der Waals surface area contributed by atoms with Gasteiger partial charge in [0.2, 0.25) is 17.7 Å². The maximum Gasteiger partial charge on any atom is 0.329 e. The average molecular weight is 741 g/mol. The second kappa shape index (κ2) is 19.9. The summed E-state index contributed by atoms with van der Waals surface area (Å²) in [5, 5.41) is 2.92. The monoisotopic (exact) mass is 740 g/mol. The highest BCUT2D eigenvalue weighted by Crippen LogP contribution is 2.28. The third-order valence-corrected chi connectivity index (χ3v) is 11.0. The molecule has 296 valence electrons. The predicted octanol–water partition coefficient (Wildman–Crippen LogP) is 4.77. The lowest BCUT2D eigenvalue weighted by Crippen LogP contribution is -2.57. The molecule has 0 radical (unpaired) electrons. The van der Waals surface area contributed by atoms with Crippen molar-refractivity contribution in [1.29, 1.82) is 0 Å². The maximum absolute atomic E-state index is 14.3. The van der Waals surface area contributed by atoms with Crippen molar-refractivity contribution in [2.45, 2.75) is 143 Å². The number of benzene rings is 1. The van der Waals surface area contributed by atoms with Gasteiger partial charge in [0.05, 0.1) is 5.92 Å². The predicted molar refractivity (Wildman–Crippen MR) is 202 cm³/mol. The molecule has 1 aromatic rings. The Morgan fingerprint density at radius 2 is 1.47 bits per heavy atom. The number of carbonyl (C=O) groups is 6. The molecule has 53 heavy (non-hydrogen) atoms. The van der Waals surface area contributed by atoms with E-state index in [0.29, 0.717) is 32.1 Å². The molecular formula is C41H64N4O8. The van der Waals surface area contributed by atoms with Gasteiger partial charge in [0.25, 0.3) is 5.91 Å². The number of fused-ring (bicyclic) bond motifs is 1. The van der Waals surface area contributed by atoms with Gasteiger partial charge in [-0.05, 0) is 49.0 Å². The molecule has 12 heteroatoms. The molecule has 0 aromatic heterocycles. The van der Waals surface area contributed by atoms with E-state index in [4.69, 9.17) is 9.47 Å². The van der Waals surface area contributed by atoms with E-state index in [1.165, 1.54) is 21.7 Å². The van der Waals surface area contributed by atoms with Crippen molar-refractivity contribution < 1.29 is 38.2 Å². The fraction of sp³-hybridized carbons (Fsp3) is 0.707. The van der Waals surface area contributed by atoms with Crippen LogP contribution in [0.4, 0.5) is 0 Å². The minimum Gasteiger partial charge on any atom is -0.460 e. The van der Waals surface area contributed by atoms with Gasteiger partial charge in [0.1, 0.15) is 30.3 Å². The lowest BCUT2D eigenvalue weighted by molar-refractivity contribution is -0.171. The lowest BCUT2D eigenvalue weighted by Gasteiger charge is -2.37. The molecule has 1 aromatic carbocycles. The Kier molecular flexibility index (Phi) is 16.3. The average Bonchev–Trinajstić information content (AvgIpc) is 3.63. The number of carbonyl (C=O) groups excluding carboxylic acids is 6. The Bertz CT molecular complexity index is 1420. The number of nitrogens with one attached hydrogen (secondary N) is 1. The molecule has 2 heterocycles. The first-order valence-electron chi connectivity index (χ1n) is 19.6. The number of hydrogen-bond donors (Lipinski definition) is 1. The van der Waals surface area contributed by atoms with Gasteiger partial charge < -0.3 is 29.5 Å². The largest absolute Gasteiger partial charge is 0.460 e. The molecule has 4 amide bonds. The van der Waals surface area contributed by atoms with Crippen LogP contribution in [0.2, 0.25) is 0 Å². The standard InChI is InChI=1S/C41H64N4O8/c1-11-13-15-22-32-28(8)36(46)42-33(25(3)4)38(48)43(9)31(24-29-19-16-14-17-20-29)40(50)53-35(26(5)6)39(49)45-23-18-21-30(45)37(47)44(10)34(27(7)12-2)41(51)52-32/h14,16-17,19-20,25-28,30-35H,11-13,15,18,21-24H2,1-10H3,(H,42,46)/t27-,28-,30-,31-,32+,33-,34-,35-/m0/s1. The Morgan fingerprint density at radius 1 is 0.811 bits per heavy atom. The first-order valence-corrected chi connectivity index (χ1v) is 19.6. The Labute approximate surface area is 316 Å². The lowest BCUT2D eigenvalue weighted by atomic mass is 9.94. The highest BCUT2D eigenvalue weighted by atomic mass is 16.6. The number of amides is 4. The number of cyclic esters (lactones) is 2. The highest BCUT2D eigenvalue weighted by Gasteiger charge is 2.45. The second-order valence-corrected chi connectivity index (χ2v) is 15.7. The zero-order valence-electron chi connectivity index (χ0n) is 33.6. The first-order chi connectivity index (χ1) is 25.0. The van der Waals surface area contributed by atoms with E-state index in [9.17, 15) is 28.8 Å². The smallest absolute Gasteiger partial charge is 0.329 e. The minimum absolute atomic E-state index is 0.109. The normalized spacial score (nSPS) is 27.9. The number of likely N-dealkylation sites (N-methyl/N-ethyl adjacent to an activating group) is 2. The van der Waals surface area contributed by atoms with Crippen LogP contribution in [0.1, 0.15) is 106 Å². The zero-order chi connectivity index (χ0) is 39.6. The molecule has 1 N–H and O–H groups in total. The third kappa shape index (κ3) is 10.8. The molecule has 2 fully saturated rings. The van der Waals surface area contributed by atoms with Gasteiger partial charge in [0, 0.05) is 27.1 Å². The molecule has 0 saturated carbocycles. The van der Waals surface area contributed by atoms with E-state index in [1.807, 2.05) is 58.0 Å². The molecule has 0 unspecified atom stereocenters. The molecule has 0 spiro atoms. The number of nitrogens with zero attached hydrogens (tertiary/aromatic N) is 3. The number of esters is 2. The van der Waals surface area contributed by atoms with Crippen LogP contribution in [-0.4, -0.2) is 107 Å². The zero-order valence-corrected chi connectivity index (χ0v) is 33.6. The van der Waals surface area contributed by atoms with Gasteiger partial charge in [-0.25, -0.2) is 9.59 Å². The maximum atomic E-state index is 14.3. The molecule has 0 bridgehead atoms. The number of rotatable bonds is 10. The van der Waals surface area contributed by atoms with Crippen LogP contribution in [0.15, 0.2) is 30.3 Å². The summed E-state index contributed by atoms with van der Waals surface area (Å²) in [7, 11) is 3.07. The van der Waals surface area contributed by atoms with Gasteiger partial charge >= 0.3 is 11.9 Å². The van der Waals surface area contributed by atoms with Gasteiger partial charge in [-0.15, -0.1) is 0 Å². The molecule has 3 rings (SSSR count). The van der Waals surface area contributed by atoms with Gasteiger partial charge in [-0.3, -0.25) is 19.2 Å². The van der Waals surface area contributed by atoms with Crippen molar-refractivity contribution in [3.05, 3.63) is 35.9 Å². The molecular weight excluding hydrogens is 676 g/mol. The summed E-state index contributed by atoms with van der Waals surface area (Å²) in [4.78, 5) is 89.4. The summed E-state index contributed by atoms with van der Waals surface area (Å²) in [5.41, 5.74) is 0.777. The van der Waals surface area contributed by atoms with Crippen LogP contribution in [0.3, 0.4) is 0 Å². The molecule has 0 aliphatic carbocycles. The summed E-state index contributed by atoms with van der Waals surface area (Å²) >= 11 is 0. The van der Waals surface area contributed by atoms with E-state index in [0.717, 1.165) is 18.4 Å². The Balaban J connectivity index is 2.18. The van der Waals surface area contributed by atoms with Crippen LogP contribution < -0.4 is 5.32 Å². The third-order valence-electron chi connectivity index (χ3n) is 11.0. The van der Waals surface area contributed by atoms with Crippen molar-refractivity contribution in [2.24, 2.45) is 23.7 Å². The second-order valence-electron chi connectivity index (χ2n) is 15.7. The Hall–Kier alpha value is -3.96. The van der Waals surface area contributed by atoms with Crippen molar-refractivity contribution in [1.82, 2.24) is 20.0 Å². The van der Waals surface area contributed by atoms with E-state index < -0.39 is 83.8 Å². The first kappa shape index (κ1) is 43.4. The molecule has 12 nitrogen and oxygen atoms in total. The van der Waals surface area contributed by atoms with Gasteiger partial charge in [-0.2, -0.15) is 0 Å². The van der Waals surface area contributed by atoms with E-state index in [2.05, 4.69) is 12.2 Å². The number of unbranched alkanes of at least 4 members (excludes halogenated alkanes) is 2. The summed E-state index contributed by atoms with van der Waals surface area (Å²) in [5.74, 6) is -5.16. The Morgan fingerprint density at radius 3 is 2.06 bits per heavy atom. The van der Waals surface area contributed by atoms with Gasteiger partial charge in [0.15, 0.2) is 6.10 Å². The molecule has 2 aliphatic rings. The molecule has 2 aliphatic heterocycles. The van der Waals surface area contributed by atoms with Crippen molar-refractivity contribution in [2.75, 3.05) is 20.6 Å². The number of ether oxygens (including phenoxy) is 2. The van der Waals surface area contributed by atoms with Crippen LogP contribution in [0.25, 0.3) is 0 Å². The van der Waals surface area contributed by atoms with E-state index >= 15 is 0 Å². The van der Waals surface area contributed by atoms with E-state index in [1.54, 1.807) is 27.8 Å². The quantitative estimate of drug-likeness (QED) is 0.267. The summed E-state index contributed by atoms with van der Waals surface area (Å²) in [6.45, 7) is 15.0. The van der Waals surface area contributed by atoms with Crippen LogP contribution in [-0.2, 0) is 44.7 Å². The fourth-order valence-corrected chi connectivity index (χ4v) is 7.27. The summed E-state index contributed by atoms with van der Waals surface area (Å²) in [6.07, 6.45) is 2.51. The van der Waals surface area contributed by atoms with E-state index in [-0.39, 0.29) is 24.8 Å². The van der Waals surface area contributed by atoms with Crippen molar-refractivity contribution in [3.8, 4) is 0 Å². The summed E-state index contributed by atoms with van der Waals surface area (Å²) in [6, 6.07) is 5.24. The van der Waals surface area contributed by atoms with Crippen LogP contribution in [0.5, 0.6) is 0 Å². The van der Waals surface area contributed by atoms with Crippen LogP contribution in [0, 0.1) is 23.7 Å². The van der Waals surface area contributed by atoms with Crippen molar-refractivity contribution in [3.63, 3.8) is 0 Å². The fourth-order valence-electron chi connectivity index (χ4n) is 7.27. The topological polar surface area (TPSA) is 143 Å². The molecule has 8 atom stereocenters. The molecule has 2 saturated heterocycles. The minimum atomic E-state index is -1.23. The number of hydrogen-bond acceptors (Lipinski definition) is 8. The van der Waals surface area contributed by atoms with Crippen LogP contribution >= 0.6 is 0 Å². The van der Waals surface area contributed by atoms with Crippen molar-refractivity contribution >= 4 is 35.6 Å². The summed E-state index contributed by atoms with van der Waals surface area (Å²) < 4.78 is 12.2. The SMILES string of the molecule is CCCCC[C@H]1OC(=O)[C@H]([C@@H](C)CC)N(C)C(=O)[C@@H]2CCCN2C(=O)[C@H](C(C)C)OC(=O)[C@H](Cc2ccccc2)N(C)C(=O)[C@H](C(C)C)NC(=O)[C@H]1C. The van der Waals surface area contributed by atoms with Gasteiger partial charge in [-0.1, -0.05) is 105 Å². The highest BCUT2D eigenvalue weighted by molar-refractivity contribution is 5.95.